The lowest BCUT2D eigenvalue weighted by Gasteiger charge is -2.15. The quantitative estimate of drug-likeness (QED) is 0.0301. The number of esters is 1. The van der Waals surface area contributed by atoms with E-state index in [1.807, 2.05) is 6.08 Å². The van der Waals surface area contributed by atoms with Crippen molar-refractivity contribution in [3.8, 4) is 0 Å². The van der Waals surface area contributed by atoms with Gasteiger partial charge in [0, 0.05) is 12.8 Å². The molecule has 0 radical (unpaired) electrons. The van der Waals surface area contributed by atoms with Gasteiger partial charge in [-0.3, -0.25) is 14.4 Å². The Labute approximate surface area is 297 Å². The highest BCUT2D eigenvalue weighted by Gasteiger charge is 2.18. The van der Waals surface area contributed by atoms with Crippen LogP contribution in [0.4, 0.5) is 0 Å². The first-order chi connectivity index (χ1) is 23.8. The smallest absolute Gasteiger partial charge is 0.328 e. The molecule has 0 bridgehead atoms. The number of carboxylic acids is 1. The van der Waals surface area contributed by atoms with E-state index in [1.54, 1.807) is 0 Å². The molecule has 0 saturated carbocycles. The molecule has 0 aromatic heterocycles. The third kappa shape index (κ3) is 32.0. The van der Waals surface area contributed by atoms with Gasteiger partial charge in [-0.1, -0.05) is 121 Å². The molecule has 0 saturated heterocycles. The molecular formula is C40H70N2O7. The van der Waals surface area contributed by atoms with E-state index >= 15 is 0 Å². The van der Waals surface area contributed by atoms with Crippen LogP contribution >= 0.6 is 0 Å². The Kier molecular flexibility index (Phi) is 32.8. The minimum Gasteiger partial charge on any atom is -0.480 e. The molecule has 282 valence electrons. The van der Waals surface area contributed by atoms with Crippen LogP contribution in [0, 0.1) is 0 Å². The Bertz CT molecular complexity index is 932. The van der Waals surface area contributed by atoms with E-state index in [1.165, 1.54) is 57.8 Å². The second-order valence-electron chi connectivity index (χ2n) is 13.0. The van der Waals surface area contributed by atoms with Crippen molar-refractivity contribution in [3.05, 3.63) is 36.5 Å². The number of rotatable bonds is 34. The number of carboxylic acid groups (broad SMARTS) is 1. The minimum atomic E-state index is -1.39. The number of carbonyl (C=O) groups is 4. The second kappa shape index (κ2) is 34.9. The van der Waals surface area contributed by atoms with Gasteiger partial charge in [-0.25, -0.2) is 4.79 Å². The number of amides is 2. The molecule has 2 atom stereocenters. The van der Waals surface area contributed by atoms with Crippen LogP contribution in [0.25, 0.3) is 0 Å². The zero-order chi connectivity index (χ0) is 36.2. The summed E-state index contributed by atoms with van der Waals surface area (Å²) in [4.78, 5) is 47.2. The van der Waals surface area contributed by atoms with E-state index in [-0.39, 0.29) is 30.9 Å². The molecule has 2 unspecified atom stereocenters. The van der Waals surface area contributed by atoms with Gasteiger partial charge in [-0.05, 0) is 70.3 Å². The van der Waals surface area contributed by atoms with E-state index in [0.717, 1.165) is 77.0 Å². The summed E-state index contributed by atoms with van der Waals surface area (Å²) < 4.78 is 5.82. The first-order valence-electron chi connectivity index (χ1n) is 19.4. The van der Waals surface area contributed by atoms with Crippen LogP contribution in [0.15, 0.2) is 36.5 Å². The molecule has 0 aliphatic rings. The van der Waals surface area contributed by atoms with Crippen molar-refractivity contribution in [2.75, 3.05) is 13.2 Å². The molecular weight excluding hydrogens is 620 g/mol. The van der Waals surface area contributed by atoms with E-state index in [2.05, 4.69) is 54.9 Å². The fourth-order valence-electron chi connectivity index (χ4n) is 5.29. The fourth-order valence-corrected chi connectivity index (χ4v) is 5.29. The number of allylic oxidation sites excluding steroid dienone is 5. The van der Waals surface area contributed by atoms with Gasteiger partial charge in [-0.2, -0.15) is 0 Å². The van der Waals surface area contributed by atoms with Gasteiger partial charge < -0.3 is 25.6 Å². The standard InChI is InChI=1S/C40H70N2O7/c1-3-5-7-9-10-11-12-13-14-15-16-17-18-19-20-21-22-28-32-39(46)49-35(29-25-8-6-4-2)30-26-23-24-27-31-37(44)41-33-38(45)42-36(34-43)40(47)48/h11-12,14-15,25,29,35-36,43H,3-10,13,16-24,26-28,30-34H2,1-2H3,(H,41,44)(H,42,45)(H,47,48)/b12-11-,15-14-,29-25-. The van der Waals surface area contributed by atoms with Crippen molar-refractivity contribution in [2.45, 2.75) is 180 Å². The number of nitrogens with one attached hydrogen (secondary N) is 2. The molecule has 4 N–H and O–H groups in total. The molecule has 0 heterocycles. The summed E-state index contributed by atoms with van der Waals surface area (Å²) in [5.41, 5.74) is 0. The van der Waals surface area contributed by atoms with Crippen LogP contribution in [0.5, 0.6) is 0 Å². The average molecular weight is 691 g/mol. The fraction of sp³-hybridized carbons (Fsp3) is 0.750. The zero-order valence-corrected chi connectivity index (χ0v) is 30.9. The monoisotopic (exact) mass is 691 g/mol. The number of aliphatic hydroxyl groups is 1. The summed E-state index contributed by atoms with van der Waals surface area (Å²) in [6.07, 6.45) is 37.9. The van der Waals surface area contributed by atoms with Crippen LogP contribution in [-0.2, 0) is 23.9 Å². The van der Waals surface area contributed by atoms with Crippen molar-refractivity contribution in [2.24, 2.45) is 0 Å². The SMILES string of the molecule is CCCC/C=C\C(CCCCCCC(=O)NCC(=O)NC(CO)C(=O)O)OC(=O)CCCCCCCCC/C=C\C/C=C\CCCCCC. The molecule has 0 aliphatic heterocycles. The molecule has 0 aromatic carbocycles. The minimum absolute atomic E-state index is 0.127. The predicted molar refractivity (Wildman–Crippen MR) is 199 cm³/mol. The van der Waals surface area contributed by atoms with Crippen molar-refractivity contribution in [1.29, 1.82) is 0 Å². The Morgan fingerprint density at radius 1 is 0.633 bits per heavy atom. The van der Waals surface area contributed by atoms with Crippen LogP contribution in [0.2, 0.25) is 0 Å². The van der Waals surface area contributed by atoms with Crippen LogP contribution in [-0.4, -0.2) is 59.3 Å². The van der Waals surface area contributed by atoms with Gasteiger partial charge >= 0.3 is 11.9 Å². The second-order valence-corrected chi connectivity index (χ2v) is 13.0. The number of hydrogen-bond donors (Lipinski definition) is 4. The third-order valence-corrected chi connectivity index (χ3v) is 8.34. The number of aliphatic hydroxyl groups excluding tert-OH is 1. The van der Waals surface area contributed by atoms with Gasteiger partial charge in [0.15, 0.2) is 0 Å². The molecule has 49 heavy (non-hydrogen) atoms. The van der Waals surface area contributed by atoms with E-state index in [0.29, 0.717) is 12.8 Å². The van der Waals surface area contributed by atoms with Crippen LogP contribution in [0.1, 0.15) is 168 Å². The summed E-state index contributed by atoms with van der Waals surface area (Å²) in [6, 6.07) is -1.39. The first kappa shape index (κ1) is 46.1. The van der Waals surface area contributed by atoms with Crippen molar-refractivity contribution in [3.63, 3.8) is 0 Å². The lowest BCUT2D eigenvalue weighted by molar-refractivity contribution is -0.147. The number of unbranched alkanes of at least 4 members (excludes halogenated alkanes) is 16. The van der Waals surface area contributed by atoms with E-state index in [9.17, 15) is 19.2 Å². The molecule has 2 amide bonds. The summed E-state index contributed by atoms with van der Waals surface area (Å²) >= 11 is 0. The van der Waals surface area contributed by atoms with E-state index < -0.39 is 24.5 Å². The zero-order valence-electron chi connectivity index (χ0n) is 30.9. The Hall–Kier alpha value is -2.94. The normalized spacial score (nSPS) is 12.9. The first-order valence-corrected chi connectivity index (χ1v) is 19.4. The average Bonchev–Trinajstić information content (AvgIpc) is 3.08. The largest absolute Gasteiger partial charge is 0.480 e. The summed E-state index contributed by atoms with van der Waals surface area (Å²) in [6.45, 7) is 3.34. The highest BCUT2D eigenvalue weighted by molar-refractivity contribution is 5.87. The van der Waals surface area contributed by atoms with Gasteiger partial charge in [0.1, 0.15) is 12.1 Å². The third-order valence-electron chi connectivity index (χ3n) is 8.34. The van der Waals surface area contributed by atoms with Gasteiger partial charge in [0.05, 0.1) is 13.2 Å². The summed E-state index contributed by atoms with van der Waals surface area (Å²) in [7, 11) is 0. The predicted octanol–water partition coefficient (Wildman–Crippen LogP) is 8.65. The number of hydrogen-bond acceptors (Lipinski definition) is 6. The molecule has 0 fully saturated rings. The van der Waals surface area contributed by atoms with Gasteiger partial charge in [0.2, 0.25) is 11.8 Å². The lowest BCUT2D eigenvalue weighted by atomic mass is 10.1. The van der Waals surface area contributed by atoms with E-state index in [4.69, 9.17) is 14.9 Å². The molecule has 0 aromatic rings. The maximum Gasteiger partial charge on any atom is 0.328 e. The number of ether oxygens (including phenoxy) is 1. The topological polar surface area (TPSA) is 142 Å². The van der Waals surface area contributed by atoms with Crippen molar-refractivity contribution >= 4 is 23.8 Å². The molecule has 9 heteroatoms. The summed E-state index contributed by atoms with van der Waals surface area (Å²) in [5, 5.41) is 22.4. The van der Waals surface area contributed by atoms with Gasteiger partial charge in [0.25, 0.3) is 0 Å². The molecule has 0 rings (SSSR count). The maximum absolute atomic E-state index is 12.6. The van der Waals surface area contributed by atoms with Crippen LogP contribution in [0.3, 0.4) is 0 Å². The van der Waals surface area contributed by atoms with Crippen molar-refractivity contribution < 1.29 is 34.1 Å². The Morgan fingerprint density at radius 2 is 1.18 bits per heavy atom. The van der Waals surface area contributed by atoms with Gasteiger partial charge in [-0.15, -0.1) is 0 Å². The van der Waals surface area contributed by atoms with Crippen molar-refractivity contribution in [1.82, 2.24) is 10.6 Å². The number of aliphatic carboxylic acids is 1. The molecule has 0 aliphatic carbocycles. The Morgan fingerprint density at radius 3 is 1.80 bits per heavy atom. The molecule has 9 nitrogen and oxygen atoms in total. The Balaban J connectivity index is 4.03. The van der Waals surface area contributed by atoms with Crippen LogP contribution < -0.4 is 10.6 Å². The lowest BCUT2D eigenvalue weighted by Crippen LogP contribution is -2.47. The number of carbonyl (C=O) groups excluding carboxylic acids is 3. The molecule has 0 spiro atoms. The maximum atomic E-state index is 12.6. The highest BCUT2D eigenvalue weighted by atomic mass is 16.5. The summed E-state index contributed by atoms with van der Waals surface area (Å²) in [5.74, 6) is -2.42. The highest BCUT2D eigenvalue weighted by Crippen LogP contribution is 2.15.